The first kappa shape index (κ1) is 14.9. The van der Waals surface area contributed by atoms with Crippen LogP contribution in [0.5, 0.6) is 0 Å². The molecule has 0 aromatic heterocycles. The Kier molecular flexibility index (Phi) is 4.13. The molecule has 0 aliphatic carbocycles. The summed E-state index contributed by atoms with van der Waals surface area (Å²) in [6, 6.07) is 11.6. The van der Waals surface area contributed by atoms with Crippen molar-refractivity contribution >= 4 is 17.2 Å². The number of rotatable bonds is 3. The van der Waals surface area contributed by atoms with Crippen LogP contribution in [0.1, 0.15) is 11.1 Å². The lowest BCUT2D eigenvalue weighted by atomic mass is 10.1. The molecule has 0 fully saturated rings. The number of amidine groups is 1. The van der Waals surface area contributed by atoms with Crippen molar-refractivity contribution in [2.45, 2.75) is 6.18 Å². The number of halogens is 3. The Bertz CT molecular complexity index is 653. The van der Waals surface area contributed by atoms with E-state index in [0.717, 1.165) is 12.1 Å². The third-order valence-corrected chi connectivity index (χ3v) is 2.81. The van der Waals surface area contributed by atoms with Gasteiger partial charge in [0.1, 0.15) is 5.84 Å². The highest BCUT2D eigenvalue weighted by Crippen LogP contribution is 2.31. The summed E-state index contributed by atoms with van der Waals surface area (Å²) in [7, 11) is 0. The number of hydrogen-bond donors (Lipinski definition) is 4. The third kappa shape index (κ3) is 3.51. The minimum absolute atomic E-state index is 0.0370. The zero-order valence-corrected chi connectivity index (χ0v) is 10.8. The molecule has 0 aliphatic rings. The van der Waals surface area contributed by atoms with Crippen LogP contribution < -0.4 is 16.6 Å². The zero-order chi connectivity index (χ0) is 15.5. The van der Waals surface area contributed by atoms with Gasteiger partial charge < -0.3 is 10.7 Å². The van der Waals surface area contributed by atoms with Crippen molar-refractivity contribution in [2.24, 2.45) is 5.84 Å². The van der Waals surface area contributed by atoms with Gasteiger partial charge in [-0.2, -0.15) is 13.2 Å². The van der Waals surface area contributed by atoms with Crippen LogP contribution in [0, 0.1) is 5.41 Å². The summed E-state index contributed by atoms with van der Waals surface area (Å²) in [5.74, 6) is 5.16. The number of nitrogens with two attached hydrogens (primary N) is 1. The second-order valence-corrected chi connectivity index (χ2v) is 4.27. The molecule has 0 heterocycles. The fraction of sp³-hybridized carbons (Fsp3) is 0.0714. The number of hydrazine groups is 1. The SMILES string of the molecule is N=C(NN)c1ccccc1Nc1cccc(C(F)(F)F)c1. The van der Waals surface area contributed by atoms with E-state index in [1.807, 2.05) is 0 Å². The van der Waals surface area contributed by atoms with E-state index in [9.17, 15) is 13.2 Å². The summed E-state index contributed by atoms with van der Waals surface area (Å²) < 4.78 is 38.0. The summed E-state index contributed by atoms with van der Waals surface area (Å²) in [5.41, 5.74) is 2.69. The van der Waals surface area contributed by atoms with Crippen molar-refractivity contribution in [3.63, 3.8) is 0 Å². The molecule has 0 aliphatic heterocycles. The van der Waals surface area contributed by atoms with Crippen molar-refractivity contribution in [3.05, 3.63) is 59.7 Å². The van der Waals surface area contributed by atoms with Crippen molar-refractivity contribution in [1.29, 1.82) is 5.41 Å². The molecule has 2 rings (SSSR count). The maximum atomic E-state index is 12.7. The Labute approximate surface area is 119 Å². The van der Waals surface area contributed by atoms with Crippen LogP contribution in [0.4, 0.5) is 24.5 Å². The Balaban J connectivity index is 2.33. The summed E-state index contributed by atoms with van der Waals surface area (Å²) in [5, 5.41) is 10.5. The molecular weight excluding hydrogens is 281 g/mol. The van der Waals surface area contributed by atoms with Gasteiger partial charge in [-0.1, -0.05) is 18.2 Å². The Morgan fingerprint density at radius 3 is 2.43 bits per heavy atom. The normalized spacial score (nSPS) is 11.0. The Hall–Kier alpha value is -2.54. The summed E-state index contributed by atoms with van der Waals surface area (Å²) in [4.78, 5) is 0. The molecule has 0 amide bonds. The average Bonchev–Trinajstić information content (AvgIpc) is 2.46. The van der Waals surface area contributed by atoms with Gasteiger partial charge in [0.15, 0.2) is 0 Å². The van der Waals surface area contributed by atoms with Crippen molar-refractivity contribution in [2.75, 3.05) is 5.32 Å². The minimum atomic E-state index is -4.40. The van der Waals surface area contributed by atoms with Crippen LogP contribution in [0.2, 0.25) is 0 Å². The molecule has 2 aromatic carbocycles. The summed E-state index contributed by atoms with van der Waals surface area (Å²) >= 11 is 0. The van der Waals surface area contributed by atoms with Crippen LogP contribution in [0.3, 0.4) is 0 Å². The quantitative estimate of drug-likeness (QED) is 0.304. The van der Waals surface area contributed by atoms with E-state index < -0.39 is 11.7 Å². The van der Waals surface area contributed by atoms with Crippen LogP contribution in [-0.2, 0) is 6.18 Å². The van der Waals surface area contributed by atoms with Gasteiger partial charge in [-0.3, -0.25) is 5.41 Å². The topological polar surface area (TPSA) is 73.9 Å². The first-order valence-electron chi connectivity index (χ1n) is 6.00. The van der Waals surface area contributed by atoms with Gasteiger partial charge in [0.2, 0.25) is 0 Å². The first-order valence-corrected chi connectivity index (χ1v) is 6.00. The molecular formula is C14H13F3N4. The lowest BCUT2D eigenvalue weighted by molar-refractivity contribution is -0.137. The zero-order valence-electron chi connectivity index (χ0n) is 10.8. The van der Waals surface area contributed by atoms with Crippen molar-refractivity contribution in [3.8, 4) is 0 Å². The predicted octanol–water partition coefficient (Wildman–Crippen LogP) is 3.24. The van der Waals surface area contributed by atoms with Crippen LogP contribution >= 0.6 is 0 Å². The number of hydrogen-bond acceptors (Lipinski definition) is 3. The number of nitrogens with one attached hydrogen (secondary N) is 3. The van der Waals surface area contributed by atoms with Gasteiger partial charge >= 0.3 is 6.18 Å². The molecule has 4 nitrogen and oxygen atoms in total. The number of para-hydroxylation sites is 1. The summed E-state index contributed by atoms with van der Waals surface area (Å²) in [6.07, 6.45) is -4.40. The highest BCUT2D eigenvalue weighted by molar-refractivity contribution is 6.01. The second kappa shape index (κ2) is 5.84. The Morgan fingerprint density at radius 1 is 1.05 bits per heavy atom. The third-order valence-electron chi connectivity index (χ3n) is 2.81. The standard InChI is InChI=1S/C14H13F3N4/c15-14(16,17)9-4-3-5-10(8-9)20-12-7-2-1-6-11(12)13(18)21-19/h1-8,20H,19H2,(H2,18,21). The number of anilines is 2. The van der Waals surface area contributed by atoms with Crippen molar-refractivity contribution < 1.29 is 13.2 Å². The smallest absolute Gasteiger partial charge is 0.355 e. The van der Waals surface area contributed by atoms with Gasteiger partial charge in [-0.05, 0) is 30.3 Å². The maximum absolute atomic E-state index is 12.7. The van der Waals surface area contributed by atoms with Gasteiger partial charge in [0, 0.05) is 16.9 Å². The van der Waals surface area contributed by atoms with E-state index in [1.165, 1.54) is 12.1 Å². The lowest BCUT2D eigenvalue weighted by Gasteiger charge is -2.14. The fourth-order valence-corrected chi connectivity index (χ4v) is 1.82. The lowest BCUT2D eigenvalue weighted by Crippen LogP contribution is -2.30. The largest absolute Gasteiger partial charge is 0.416 e. The fourth-order valence-electron chi connectivity index (χ4n) is 1.82. The van der Waals surface area contributed by atoms with Gasteiger partial charge in [0.05, 0.1) is 5.56 Å². The van der Waals surface area contributed by atoms with Crippen LogP contribution in [0.25, 0.3) is 0 Å². The van der Waals surface area contributed by atoms with Gasteiger partial charge in [-0.25, -0.2) is 5.84 Å². The monoisotopic (exact) mass is 294 g/mol. The number of benzene rings is 2. The highest BCUT2D eigenvalue weighted by Gasteiger charge is 2.30. The molecule has 0 bridgehead atoms. The molecule has 0 saturated carbocycles. The van der Waals surface area contributed by atoms with Crippen molar-refractivity contribution in [1.82, 2.24) is 5.43 Å². The van der Waals surface area contributed by atoms with E-state index in [1.54, 1.807) is 24.3 Å². The molecule has 5 N–H and O–H groups in total. The molecule has 7 heteroatoms. The Morgan fingerprint density at radius 2 is 1.76 bits per heavy atom. The van der Waals surface area contributed by atoms with E-state index in [-0.39, 0.29) is 11.5 Å². The molecule has 0 radical (unpaired) electrons. The highest BCUT2D eigenvalue weighted by atomic mass is 19.4. The van der Waals surface area contributed by atoms with E-state index in [0.29, 0.717) is 11.3 Å². The van der Waals surface area contributed by atoms with E-state index >= 15 is 0 Å². The van der Waals surface area contributed by atoms with E-state index in [4.69, 9.17) is 11.3 Å². The first-order chi connectivity index (χ1) is 9.91. The molecule has 2 aromatic rings. The van der Waals surface area contributed by atoms with Gasteiger partial charge in [-0.15, -0.1) is 0 Å². The number of alkyl halides is 3. The van der Waals surface area contributed by atoms with Crippen LogP contribution in [-0.4, -0.2) is 5.84 Å². The molecule has 0 unspecified atom stereocenters. The molecule has 0 spiro atoms. The predicted molar refractivity (Wildman–Crippen MR) is 75.3 cm³/mol. The molecule has 0 saturated heterocycles. The van der Waals surface area contributed by atoms with Gasteiger partial charge in [0.25, 0.3) is 0 Å². The second-order valence-electron chi connectivity index (χ2n) is 4.27. The molecule has 21 heavy (non-hydrogen) atoms. The maximum Gasteiger partial charge on any atom is 0.416 e. The minimum Gasteiger partial charge on any atom is -0.355 e. The van der Waals surface area contributed by atoms with E-state index in [2.05, 4.69) is 10.7 Å². The summed E-state index contributed by atoms with van der Waals surface area (Å²) in [6.45, 7) is 0. The molecule has 110 valence electrons. The average molecular weight is 294 g/mol. The molecule has 0 atom stereocenters. The van der Waals surface area contributed by atoms with Crippen LogP contribution in [0.15, 0.2) is 48.5 Å².